The smallest absolute Gasteiger partial charge is 0.237 e. The first-order valence-electron chi connectivity index (χ1n) is 8.21. The molecule has 0 saturated heterocycles. The number of carbonyl (C=O) groups excluding carboxylic acids is 1. The summed E-state index contributed by atoms with van der Waals surface area (Å²) in [6.45, 7) is 4.97. The van der Waals surface area contributed by atoms with E-state index in [1.165, 1.54) is 22.3 Å². The molecule has 2 aromatic rings. The van der Waals surface area contributed by atoms with Gasteiger partial charge in [-0.3, -0.25) is 9.69 Å². The number of hydrogen-bond acceptors (Lipinski definition) is 2. The molecule has 1 amide bonds. The number of aryl methyl sites for hydroxylation is 1. The van der Waals surface area contributed by atoms with Crippen LogP contribution in [0, 0.1) is 6.92 Å². The number of carbonyl (C=O) groups is 1. The Hall–Kier alpha value is -2.13. The highest BCUT2D eigenvalue weighted by atomic mass is 16.2. The van der Waals surface area contributed by atoms with Crippen molar-refractivity contribution in [3.05, 3.63) is 70.8 Å². The van der Waals surface area contributed by atoms with Crippen LogP contribution < -0.4 is 0 Å². The fraction of sp³-hybridized carbons (Fsp3) is 0.350. The molecule has 0 atom stereocenters. The van der Waals surface area contributed by atoms with Gasteiger partial charge < -0.3 is 4.90 Å². The Morgan fingerprint density at radius 1 is 1.09 bits per heavy atom. The molecule has 23 heavy (non-hydrogen) atoms. The topological polar surface area (TPSA) is 23.6 Å². The fourth-order valence-corrected chi connectivity index (χ4v) is 3.17. The molecular weight excluding hydrogens is 284 g/mol. The summed E-state index contributed by atoms with van der Waals surface area (Å²) in [7, 11) is 2.02. The van der Waals surface area contributed by atoms with Gasteiger partial charge in [0.05, 0.1) is 6.54 Å². The Labute approximate surface area is 138 Å². The molecule has 0 bridgehead atoms. The van der Waals surface area contributed by atoms with Crippen molar-refractivity contribution in [1.82, 2.24) is 9.80 Å². The molecule has 3 heteroatoms. The Morgan fingerprint density at radius 3 is 2.57 bits per heavy atom. The maximum Gasteiger partial charge on any atom is 0.237 e. The minimum Gasteiger partial charge on any atom is -0.337 e. The van der Waals surface area contributed by atoms with Crippen LogP contribution in [0.1, 0.15) is 22.3 Å². The van der Waals surface area contributed by atoms with Gasteiger partial charge in [-0.15, -0.1) is 0 Å². The zero-order valence-electron chi connectivity index (χ0n) is 14.0. The van der Waals surface area contributed by atoms with Crippen molar-refractivity contribution in [1.29, 1.82) is 0 Å². The molecule has 0 aromatic heterocycles. The number of nitrogens with zero attached hydrogens (tertiary/aromatic N) is 2. The normalized spacial score (nSPS) is 14.0. The lowest BCUT2D eigenvalue weighted by Crippen LogP contribution is -2.41. The Morgan fingerprint density at radius 2 is 1.78 bits per heavy atom. The quantitative estimate of drug-likeness (QED) is 0.867. The van der Waals surface area contributed by atoms with Gasteiger partial charge in [0.15, 0.2) is 0 Å². The van der Waals surface area contributed by atoms with E-state index in [1.54, 1.807) is 0 Å². The standard InChI is InChI=1S/C20H24N2O/c1-16-7-3-4-9-18(16)13-21(2)15-20(23)22-12-11-17-8-5-6-10-19(17)14-22/h3-10H,11-15H2,1-2H3. The molecule has 0 unspecified atom stereocenters. The Bertz CT molecular complexity index is 696. The molecule has 1 aliphatic heterocycles. The van der Waals surface area contributed by atoms with Crippen LogP contribution >= 0.6 is 0 Å². The maximum absolute atomic E-state index is 12.6. The summed E-state index contributed by atoms with van der Waals surface area (Å²) < 4.78 is 0. The van der Waals surface area contributed by atoms with E-state index in [2.05, 4.69) is 60.4 Å². The molecule has 0 aliphatic carbocycles. The molecule has 1 heterocycles. The predicted octanol–water partition coefficient (Wildman–Crippen LogP) is 3.01. The first-order valence-corrected chi connectivity index (χ1v) is 8.21. The van der Waals surface area contributed by atoms with Crippen molar-refractivity contribution in [3.8, 4) is 0 Å². The van der Waals surface area contributed by atoms with Crippen LogP contribution in [0.15, 0.2) is 48.5 Å². The van der Waals surface area contributed by atoms with Crippen molar-refractivity contribution in [2.75, 3.05) is 20.1 Å². The van der Waals surface area contributed by atoms with Crippen molar-refractivity contribution in [3.63, 3.8) is 0 Å². The van der Waals surface area contributed by atoms with E-state index in [1.807, 2.05) is 11.9 Å². The van der Waals surface area contributed by atoms with Crippen molar-refractivity contribution >= 4 is 5.91 Å². The van der Waals surface area contributed by atoms with Crippen molar-refractivity contribution in [2.45, 2.75) is 26.4 Å². The Balaban J connectivity index is 1.58. The number of hydrogen-bond donors (Lipinski definition) is 0. The summed E-state index contributed by atoms with van der Waals surface area (Å²) in [5.74, 6) is 0.218. The lowest BCUT2D eigenvalue weighted by Gasteiger charge is -2.30. The van der Waals surface area contributed by atoms with Gasteiger partial charge in [0.2, 0.25) is 5.91 Å². The lowest BCUT2D eigenvalue weighted by molar-refractivity contribution is -0.133. The van der Waals surface area contributed by atoms with Gasteiger partial charge in [-0.1, -0.05) is 48.5 Å². The zero-order chi connectivity index (χ0) is 16.2. The molecule has 3 nitrogen and oxygen atoms in total. The summed E-state index contributed by atoms with van der Waals surface area (Å²) >= 11 is 0. The molecule has 3 rings (SSSR count). The first kappa shape index (κ1) is 15.8. The van der Waals surface area contributed by atoms with E-state index < -0.39 is 0 Å². The fourth-order valence-electron chi connectivity index (χ4n) is 3.17. The molecular formula is C20H24N2O. The average molecular weight is 308 g/mol. The molecule has 0 spiro atoms. The lowest BCUT2D eigenvalue weighted by atomic mass is 10.00. The molecule has 0 saturated carbocycles. The first-order chi connectivity index (χ1) is 11.1. The van der Waals surface area contributed by atoms with Crippen LogP contribution in [0.25, 0.3) is 0 Å². The summed E-state index contributed by atoms with van der Waals surface area (Å²) in [5.41, 5.74) is 5.23. The van der Waals surface area contributed by atoms with Gasteiger partial charge in [-0.05, 0) is 42.6 Å². The van der Waals surface area contributed by atoms with Gasteiger partial charge >= 0.3 is 0 Å². The van der Waals surface area contributed by atoms with E-state index in [9.17, 15) is 4.79 Å². The minimum atomic E-state index is 0.218. The van der Waals surface area contributed by atoms with E-state index >= 15 is 0 Å². The maximum atomic E-state index is 12.6. The second-order valence-corrected chi connectivity index (χ2v) is 6.43. The number of benzene rings is 2. The number of fused-ring (bicyclic) bond motifs is 1. The molecule has 0 radical (unpaired) electrons. The third kappa shape index (κ3) is 3.80. The highest BCUT2D eigenvalue weighted by Gasteiger charge is 2.21. The molecule has 2 aromatic carbocycles. The van der Waals surface area contributed by atoms with E-state index in [-0.39, 0.29) is 5.91 Å². The molecule has 1 aliphatic rings. The van der Waals surface area contributed by atoms with Gasteiger partial charge in [-0.25, -0.2) is 0 Å². The van der Waals surface area contributed by atoms with Crippen LogP contribution in [0.2, 0.25) is 0 Å². The van der Waals surface area contributed by atoms with Crippen LogP contribution in [0.4, 0.5) is 0 Å². The van der Waals surface area contributed by atoms with E-state index in [4.69, 9.17) is 0 Å². The number of amides is 1. The van der Waals surface area contributed by atoms with Crippen LogP contribution in [0.3, 0.4) is 0 Å². The third-order valence-corrected chi connectivity index (χ3v) is 4.59. The van der Waals surface area contributed by atoms with Gasteiger partial charge in [-0.2, -0.15) is 0 Å². The van der Waals surface area contributed by atoms with E-state index in [0.29, 0.717) is 6.54 Å². The predicted molar refractivity (Wildman–Crippen MR) is 93.1 cm³/mol. The second kappa shape index (κ2) is 6.97. The average Bonchev–Trinajstić information content (AvgIpc) is 2.56. The second-order valence-electron chi connectivity index (χ2n) is 6.43. The highest BCUT2D eigenvalue weighted by molar-refractivity contribution is 5.78. The van der Waals surface area contributed by atoms with Crippen molar-refractivity contribution in [2.24, 2.45) is 0 Å². The molecule has 0 fully saturated rings. The molecule has 0 N–H and O–H groups in total. The van der Waals surface area contributed by atoms with Crippen LogP contribution in [-0.4, -0.2) is 35.8 Å². The highest BCUT2D eigenvalue weighted by Crippen LogP contribution is 2.18. The summed E-state index contributed by atoms with van der Waals surface area (Å²) in [5, 5.41) is 0. The summed E-state index contributed by atoms with van der Waals surface area (Å²) in [6, 6.07) is 16.8. The van der Waals surface area contributed by atoms with Gasteiger partial charge in [0, 0.05) is 19.6 Å². The minimum absolute atomic E-state index is 0.218. The SMILES string of the molecule is Cc1ccccc1CN(C)CC(=O)N1CCc2ccccc2C1. The largest absolute Gasteiger partial charge is 0.337 e. The van der Waals surface area contributed by atoms with Crippen LogP contribution in [-0.2, 0) is 24.3 Å². The summed E-state index contributed by atoms with van der Waals surface area (Å²) in [6.07, 6.45) is 0.962. The van der Waals surface area contributed by atoms with Gasteiger partial charge in [0.25, 0.3) is 0 Å². The summed E-state index contributed by atoms with van der Waals surface area (Å²) in [4.78, 5) is 16.7. The van der Waals surface area contributed by atoms with E-state index in [0.717, 1.165) is 26.1 Å². The van der Waals surface area contributed by atoms with Crippen molar-refractivity contribution < 1.29 is 4.79 Å². The number of likely N-dealkylation sites (N-methyl/N-ethyl adjacent to an activating group) is 1. The molecule has 120 valence electrons. The van der Waals surface area contributed by atoms with Crippen LogP contribution in [0.5, 0.6) is 0 Å². The monoisotopic (exact) mass is 308 g/mol. The zero-order valence-corrected chi connectivity index (χ0v) is 14.0. The number of rotatable bonds is 4. The third-order valence-electron chi connectivity index (χ3n) is 4.59. The van der Waals surface area contributed by atoms with Gasteiger partial charge in [0.1, 0.15) is 0 Å². The Kier molecular flexibility index (Phi) is 4.77.